The molecular weight excluding hydrogens is 354 g/mol. The summed E-state index contributed by atoms with van der Waals surface area (Å²) < 4.78 is 10.8. The fraction of sp³-hybridized carbons (Fsp3) is 0.409. The fourth-order valence-corrected chi connectivity index (χ4v) is 3.16. The van der Waals surface area contributed by atoms with Gasteiger partial charge in [-0.3, -0.25) is 9.69 Å². The molecule has 150 valence electrons. The van der Waals surface area contributed by atoms with E-state index in [1.807, 2.05) is 12.1 Å². The zero-order chi connectivity index (χ0) is 19.8. The van der Waals surface area contributed by atoms with Crippen molar-refractivity contribution in [3.05, 3.63) is 59.7 Å². The van der Waals surface area contributed by atoms with Crippen molar-refractivity contribution in [3.63, 3.8) is 0 Å². The first-order valence-corrected chi connectivity index (χ1v) is 9.65. The van der Waals surface area contributed by atoms with E-state index in [0.717, 1.165) is 38.3 Å². The van der Waals surface area contributed by atoms with E-state index >= 15 is 0 Å². The van der Waals surface area contributed by atoms with Gasteiger partial charge in [0.1, 0.15) is 0 Å². The lowest BCUT2D eigenvalue weighted by Gasteiger charge is -2.32. The first-order chi connectivity index (χ1) is 13.6. The van der Waals surface area contributed by atoms with E-state index in [1.54, 1.807) is 19.2 Å². The second kappa shape index (κ2) is 10.1. The van der Waals surface area contributed by atoms with Crippen LogP contribution in [0, 0.1) is 0 Å². The van der Waals surface area contributed by atoms with Crippen molar-refractivity contribution in [2.24, 2.45) is 0 Å². The van der Waals surface area contributed by atoms with Gasteiger partial charge in [0.15, 0.2) is 18.1 Å². The largest absolute Gasteiger partial charge is 0.493 e. The van der Waals surface area contributed by atoms with Gasteiger partial charge in [0.2, 0.25) is 0 Å². The van der Waals surface area contributed by atoms with Gasteiger partial charge in [-0.15, -0.1) is 0 Å². The van der Waals surface area contributed by atoms with Gasteiger partial charge in [0.25, 0.3) is 5.91 Å². The topological polar surface area (TPSA) is 54.0 Å². The molecule has 1 N–H and O–H groups in total. The second-order valence-electron chi connectivity index (χ2n) is 7.11. The lowest BCUT2D eigenvalue weighted by molar-refractivity contribution is -0.123. The van der Waals surface area contributed by atoms with Gasteiger partial charge in [0.05, 0.1) is 7.11 Å². The number of carbonyl (C=O) groups is 1. The Hall–Kier alpha value is -2.57. The number of ether oxygens (including phenoxy) is 2. The van der Waals surface area contributed by atoms with Crippen molar-refractivity contribution < 1.29 is 14.3 Å². The molecule has 3 rings (SSSR count). The van der Waals surface area contributed by atoms with Gasteiger partial charge in [-0.05, 0) is 30.3 Å². The normalized spacial score (nSPS) is 15.2. The van der Waals surface area contributed by atoms with Crippen LogP contribution in [0.3, 0.4) is 0 Å². The minimum absolute atomic E-state index is 0.0398. The van der Waals surface area contributed by atoms with Gasteiger partial charge in [-0.25, -0.2) is 0 Å². The number of methoxy groups -OCH3 is 1. The Kier molecular flexibility index (Phi) is 7.28. The van der Waals surface area contributed by atoms with E-state index in [4.69, 9.17) is 9.47 Å². The van der Waals surface area contributed by atoms with E-state index in [-0.39, 0.29) is 12.5 Å². The van der Waals surface area contributed by atoms with E-state index in [1.165, 1.54) is 5.56 Å². The third-order valence-electron chi connectivity index (χ3n) is 4.94. The van der Waals surface area contributed by atoms with Crippen LogP contribution in [0.2, 0.25) is 0 Å². The van der Waals surface area contributed by atoms with Gasteiger partial charge in [-0.1, -0.05) is 36.4 Å². The van der Waals surface area contributed by atoms with Crippen molar-refractivity contribution in [2.45, 2.75) is 13.1 Å². The highest BCUT2D eigenvalue weighted by Gasteiger charge is 2.13. The molecule has 1 aliphatic rings. The summed E-state index contributed by atoms with van der Waals surface area (Å²) in [7, 11) is 3.75. The molecule has 6 nitrogen and oxygen atoms in total. The molecule has 1 aliphatic heterocycles. The number of likely N-dealkylation sites (N-methyl/N-ethyl adjacent to an activating group) is 1. The number of carbonyl (C=O) groups excluding carboxylic acids is 1. The average molecular weight is 383 g/mol. The number of hydrogen-bond acceptors (Lipinski definition) is 5. The second-order valence-corrected chi connectivity index (χ2v) is 7.11. The summed E-state index contributed by atoms with van der Waals surface area (Å²) >= 11 is 0. The first-order valence-electron chi connectivity index (χ1n) is 9.65. The third kappa shape index (κ3) is 5.97. The van der Waals surface area contributed by atoms with Crippen LogP contribution in [-0.2, 0) is 17.9 Å². The van der Waals surface area contributed by atoms with Crippen molar-refractivity contribution in [1.29, 1.82) is 0 Å². The van der Waals surface area contributed by atoms with Crippen LogP contribution in [0.1, 0.15) is 11.1 Å². The van der Waals surface area contributed by atoms with E-state index < -0.39 is 0 Å². The van der Waals surface area contributed by atoms with Gasteiger partial charge in [-0.2, -0.15) is 0 Å². The monoisotopic (exact) mass is 383 g/mol. The zero-order valence-corrected chi connectivity index (χ0v) is 16.7. The predicted molar refractivity (Wildman–Crippen MR) is 110 cm³/mol. The molecule has 0 atom stereocenters. The number of hydrogen-bond donors (Lipinski definition) is 1. The lowest BCUT2D eigenvalue weighted by Crippen LogP contribution is -2.43. The van der Waals surface area contributed by atoms with Gasteiger partial charge < -0.3 is 19.7 Å². The van der Waals surface area contributed by atoms with Gasteiger partial charge in [0, 0.05) is 39.3 Å². The summed E-state index contributed by atoms with van der Waals surface area (Å²) in [5.74, 6) is 1.02. The fourth-order valence-electron chi connectivity index (χ4n) is 3.16. The summed E-state index contributed by atoms with van der Waals surface area (Å²) in [6.45, 7) is 5.90. The molecule has 6 heteroatoms. The van der Waals surface area contributed by atoms with Crippen LogP contribution in [0.5, 0.6) is 11.5 Å². The molecule has 0 saturated carbocycles. The molecule has 1 saturated heterocycles. The molecule has 0 bridgehead atoms. The van der Waals surface area contributed by atoms with Crippen LogP contribution in [0.25, 0.3) is 0 Å². The maximum atomic E-state index is 12.1. The molecule has 2 aromatic carbocycles. The molecule has 1 amide bonds. The van der Waals surface area contributed by atoms with Crippen molar-refractivity contribution in [3.8, 4) is 11.5 Å². The molecule has 1 fully saturated rings. The highest BCUT2D eigenvalue weighted by molar-refractivity contribution is 5.77. The molecule has 0 aromatic heterocycles. The number of nitrogens with zero attached hydrogens (tertiary/aromatic N) is 2. The van der Waals surface area contributed by atoms with Crippen LogP contribution in [0.15, 0.2) is 48.5 Å². The summed E-state index contributed by atoms with van der Waals surface area (Å²) in [6, 6.07) is 15.7. The first kappa shape index (κ1) is 20.2. The Balaban J connectivity index is 1.41. The number of nitrogens with one attached hydrogen (secondary N) is 1. The van der Waals surface area contributed by atoms with Crippen LogP contribution in [0.4, 0.5) is 0 Å². The van der Waals surface area contributed by atoms with E-state index in [9.17, 15) is 4.79 Å². The Bertz CT molecular complexity index is 756. The molecule has 2 aromatic rings. The summed E-state index contributed by atoms with van der Waals surface area (Å²) in [5, 5.41) is 2.89. The Morgan fingerprint density at radius 1 is 0.964 bits per heavy atom. The molecule has 0 unspecified atom stereocenters. The maximum absolute atomic E-state index is 12.1. The highest BCUT2D eigenvalue weighted by Crippen LogP contribution is 2.25. The quantitative estimate of drug-likeness (QED) is 0.757. The Morgan fingerprint density at radius 2 is 1.61 bits per heavy atom. The third-order valence-corrected chi connectivity index (χ3v) is 4.94. The molecule has 1 heterocycles. The number of piperazine rings is 1. The molecular formula is C22H29N3O3. The van der Waals surface area contributed by atoms with E-state index in [0.29, 0.717) is 18.0 Å². The number of benzene rings is 2. The van der Waals surface area contributed by atoms with Crippen molar-refractivity contribution in [1.82, 2.24) is 15.1 Å². The SMILES string of the molecule is COc1ccccc1OCC(=O)NCc1ccc(CN2CCN(C)CC2)cc1. The summed E-state index contributed by atoms with van der Waals surface area (Å²) in [5.41, 5.74) is 2.38. The number of amides is 1. The minimum atomic E-state index is -0.160. The van der Waals surface area contributed by atoms with E-state index in [2.05, 4.69) is 46.4 Å². The zero-order valence-electron chi connectivity index (χ0n) is 16.7. The van der Waals surface area contributed by atoms with Crippen molar-refractivity contribution >= 4 is 5.91 Å². The predicted octanol–water partition coefficient (Wildman–Crippen LogP) is 2.14. The number of rotatable bonds is 8. The Labute approximate surface area is 167 Å². The van der Waals surface area contributed by atoms with Crippen molar-refractivity contribution in [2.75, 3.05) is 46.9 Å². The molecule has 0 aliphatic carbocycles. The lowest BCUT2D eigenvalue weighted by atomic mass is 10.1. The van der Waals surface area contributed by atoms with Crippen LogP contribution >= 0.6 is 0 Å². The summed E-state index contributed by atoms with van der Waals surface area (Å²) in [4.78, 5) is 16.9. The van der Waals surface area contributed by atoms with Crippen LogP contribution < -0.4 is 14.8 Å². The minimum Gasteiger partial charge on any atom is -0.493 e. The number of para-hydroxylation sites is 2. The molecule has 0 radical (unpaired) electrons. The standard InChI is InChI=1S/C22H29N3O3/c1-24-11-13-25(14-12-24)16-19-9-7-18(8-10-19)15-23-22(26)17-28-21-6-4-3-5-20(21)27-2/h3-10H,11-17H2,1-2H3,(H,23,26). The average Bonchev–Trinajstić information content (AvgIpc) is 2.73. The maximum Gasteiger partial charge on any atom is 0.258 e. The molecule has 0 spiro atoms. The smallest absolute Gasteiger partial charge is 0.258 e. The van der Waals surface area contributed by atoms with Gasteiger partial charge >= 0.3 is 0 Å². The molecule has 28 heavy (non-hydrogen) atoms. The Morgan fingerprint density at radius 3 is 2.29 bits per heavy atom. The van der Waals surface area contributed by atoms with Crippen LogP contribution in [-0.4, -0.2) is 62.7 Å². The highest BCUT2D eigenvalue weighted by atomic mass is 16.5. The summed E-state index contributed by atoms with van der Waals surface area (Å²) in [6.07, 6.45) is 0.